The Hall–Kier alpha value is -1.16. The summed E-state index contributed by atoms with van der Waals surface area (Å²) < 4.78 is 28.2. The van der Waals surface area contributed by atoms with Gasteiger partial charge in [-0.3, -0.25) is 0 Å². The lowest BCUT2D eigenvalue weighted by atomic mass is 10.0. The van der Waals surface area contributed by atoms with E-state index in [1.54, 1.807) is 24.3 Å². The summed E-state index contributed by atoms with van der Waals surface area (Å²) in [6, 6.07) is 6.87. The minimum atomic E-state index is -2.77. The van der Waals surface area contributed by atoms with Gasteiger partial charge < -0.3 is 10.5 Å². The van der Waals surface area contributed by atoms with E-state index < -0.39 is 6.61 Å². The van der Waals surface area contributed by atoms with Crippen molar-refractivity contribution in [2.75, 3.05) is 0 Å². The lowest BCUT2D eigenvalue weighted by Gasteiger charge is -2.06. The first-order valence-corrected chi connectivity index (χ1v) is 5.23. The molecule has 0 unspecified atom stereocenters. The predicted octanol–water partition coefficient (Wildman–Crippen LogP) is 2.74. The van der Waals surface area contributed by atoms with E-state index in [9.17, 15) is 8.78 Å². The maximum Gasteiger partial charge on any atom is 0.387 e. The zero-order valence-electron chi connectivity index (χ0n) is 9.28. The number of rotatable bonds is 3. The van der Waals surface area contributed by atoms with Gasteiger partial charge >= 0.3 is 6.61 Å². The predicted molar refractivity (Wildman–Crippen MR) is 57.6 cm³/mol. The molecule has 0 bridgehead atoms. The highest BCUT2D eigenvalue weighted by atomic mass is 19.3. The van der Waals surface area contributed by atoms with Crippen molar-refractivity contribution in [3.05, 3.63) is 29.8 Å². The SMILES string of the molecule is CC1(C)[C@@H](N)[C@@H]1c1ccc(OC(F)F)cc1. The van der Waals surface area contributed by atoms with Gasteiger partial charge in [0.05, 0.1) is 0 Å². The van der Waals surface area contributed by atoms with Crippen LogP contribution in [0.3, 0.4) is 0 Å². The first-order chi connectivity index (χ1) is 7.43. The van der Waals surface area contributed by atoms with E-state index in [0.29, 0.717) is 5.92 Å². The fraction of sp³-hybridized carbons (Fsp3) is 0.500. The molecule has 2 atom stereocenters. The molecule has 88 valence electrons. The molecule has 2 rings (SSSR count). The molecule has 1 fully saturated rings. The summed E-state index contributed by atoms with van der Waals surface area (Å²) in [6.45, 7) is 1.43. The van der Waals surface area contributed by atoms with Gasteiger partial charge in [0.1, 0.15) is 5.75 Å². The van der Waals surface area contributed by atoms with Crippen molar-refractivity contribution in [3.8, 4) is 5.75 Å². The van der Waals surface area contributed by atoms with Crippen LogP contribution in [0.4, 0.5) is 8.78 Å². The number of ether oxygens (including phenoxy) is 1. The summed E-state index contributed by atoms with van der Waals surface area (Å²) in [5.74, 6) is 0.499. The Morgan fingerprint density at radius 2 is 1.75 bits per heavy atom. The topological polar surface area (TPSA) is 35.2 Å². The van der Waals surface area contributed by atoms with Crippen molar-refractivity contribution in [3.63, 3.8) is 0 Å². The Morgan fingerprint density at radius 3 is 2.12 bits per heavy atom. The smallest absolute Gasteiger partial charge is 0.387 e. The van der Waals surface area contributed by atoms with Gasteiger partial charge in [0.2, 0.25) is 0 Å². The number of benzene rings is 1. The van der Waals surface area contributed by atoms with Crippen LogP contribution in [0, 0.1) is 5.41 Å². The number of hydrogen-bond acceptors (Lipinski definition) is 2. The van der Waals surface area contributed by atoms with Gasteiger partial charge in [-0.05, 0) is 23.1 Å². The highest BCUT2D eigenvalue weighted by molar-refractivity contribution is 5.37. The van der Waals surface area contributed by atoms with Crippen LogP contribution < -0.4 is 10.5 Å². The second-order valence-corrected chi connectivity index (χ2v) is 4.77. The van der Waals surface area contributed by atoms with Crippen molar-refractivity contribution >= 4 is 0 Å². The van der Waals surface area contributed by atoms with Gasteiger partial charge in [-0.1, -0.05) is 26.0 Å². The summed E-state index contributed by atoms with van der Waals surface area (Å²) in [5.41, 5.74) is 7.13. The third-order valence-corrected chi connectivity index (χ3v) is 3.38. The molecular weight excluding hydrogens is 212 g/mol. The third kappa shape index (κ3) is 1.89. The number of alkyl halides is 2. The average molecular weight is 227 g/mol. The minimum absolute atomic E-state index is 0.102. The molecule has 16 heavy (non-hydrogen) atoms. The first kappa shape index (κ1) is 11.3. The lowest BCUT2D eigenvalue weighted by molar-refractivity contribution is -0.0498. The van der Waals surface area contributed by atoms with Gasteiger partial charge in [0.15, 0.2) is 0 Å². The Bertz CT molecular complexity index is 375. The van der Waals surface area contributed by atoms with E-state index in [2.05, 4.69) is 18.6 Å². The van der Waals surface area contributed by atoms with Crippen molar-refractivity contribution in [1.82, 2.24) is 0 Å². The summed E-state index contributed by atoms with van der Waals surface area (Å²) in [4.78, 5) is 0. The van der Waals surface area contributed by atoms with Gasteiger partial charge in [-0.2, -0.15) is 8.78 Å². The summed E-state index contributed by atoms with van der Waals surface area (Å²) in [5, 5.41) is 0. The van der Waals surface area contributed by atoms with Crippen LogP contribution in [-0.4, -0.2) is 12.7 Å². The monoisotopic (exact) mass is 227 g/mol. The summed E-state index contributed by atoms with van der Waals surface area (Å²) in [6.07, 6.45) is 0. The summed E-state index contributed by atoms with van der Waals surface area (Å²) in [7, 11) is 0. The number of nitrogens with two attached hydrogens (primary N) is 1. The van der Waals surface area contributed by atoms with Crippen molar-refractivity contribution in [2.45, 2.75) is 32.4 Å². The largest absolute Gasteiger partial charge is 0.435 e. The van der Waals surface area contributed by atoms with Gasteiger partial charge in [0, 0.05) is 12.0 Å². The van der Waals surface area contributed by atoms with Crippen LogP contribution in [0.1, 0.15) is 25.3 Å². The molecule has 0 amide bonds. The van der Waals surface area contributed by atoms with Crippen molar-refractivity contribution in [2.24, 2.45) is 11.1 Å². The Kier molecular flexibility index (Phi) is 2.62. The molecule has 1 aliphatic rings. The zero-order valence-corrected chi connectivity index (χ0v) is 9.28. The van der Waals surface area contributed by atoms with E-state index in [0.717, 1.165) is 5.56 Å². The molecule has 2 nitrogen and oxygen atoms in total. The molecule has 1 aromatic carbocycles. The van der Waals surface area contributed by atoms with Gasteiger partial charge in [-0.25, -0.2) is 0 Å². The standard InChI is InChI=1S/C12H15F2NO/c1-12(2)9(10(12)15)7-3-5-8(6-4-7)16-11(13)14/h3-6,9-11H,15H2,1-2H3/t9-,10-/m0/s1. The second kappa shape index (κ2) is 3.70. The molecule has 1 aliphatic carbocycles. The molecule has 0 aromatic heterocycles. The third-order valence-electron chi connectivity index (χ3n) is 3.38. The molecule has 1 saturated carbocycles. The Morgan fingerprint density at radius 1 is 1.25 bits per heavy atom. The summed E-state index contributed by atoms with van der Waals surface area (Å²) >= 11 is 0. The molecule has 1 aromatic rings. The lowest BCUT2D eigenvalue weighted by Crippen LogP contribution is -2.06. The molecule has 0 radical (unpaired) electrons. The van der Waals surface area contributed by atoms with Crippen LogP contribution in [-0.2, 0) is 0 Å². The van der Waals surface area contributed by atoms with Crippen molar-refractivity contribution < 1.29 is 13.5 Å². The first-order valence-electron chi connectivity index (χ1n) is 5.23. The van der Waals surface area contributed by atoms with Gasteiger partial charge in [0.25, 0.3) is 0 Å². The minimum Gasteiger partial charge on any atom is -0.435 e. The number of halogens is 2. The van der Waals surface area contributed by atoms with Crippen molar-refractivity contribution in [1.29, 1.82) is 0 Å². The van der Waals surface area contributed by atoms with E-state index in [1.807, 2.05) is 0 Å². The molecular formula is C12H15F2NO. The Balaban J connectivity index is 2.09. The zero-order chi connectivity index (χ0) is 11.9. The maximum atomic E-state index is 11.9. The fourth-order valence-electron chi connectivity index (χ4n) is 2.17. The molecule has 0 saturated heterocycles. The van der Waals surface area contributed by atoms with E-state index in [4.69, 9.17) is 5.73 Å². The highest BCUT2D eigenvalue weighted by Gasteiger charge is 2.55. The van der Waals surface area contributed by atoms with Gasteiger partial charge in [-0.15, -0.1) is 0 Å². The molecule has 0 aliphatic heterocycles. The maximum absolute atomic E-state index is 11.9. The number of hydrogen-bond donors (Lipinski definition) is 1. The molecule has 4 heteroatoms. The van der Waals surface area contributed by atoms with E-state index in [-0.39, 0.29) is 17.2 Å². The van der Waals surface area contributed by atoms with Crippen LogP contribution in [0.15, 0.2) is 24.3 Å². The normalized spacial score (nSPS) is 26.9. The van der Waals surface area contributed by atoms with Crippen LogP contribution >= 0.6 is 0 Å². The fourth-order valence-corrected chi connectivity index (χ4v) is 2.17. The molecule has 2 N–H and O–H groups in total. The quantitative estimate of drug-likeness (QED) is 0.861. The van der Waals surface area contributed by atoms with Crippen LogP contribution in [0.25, 0.3) is 0 Å². The molecule has 0 heterocycles. The van der Waals surface area contributed by atoms with Crippen LogP contribution in [0.2, 0.25) is 0 Å². The Labute approximate surface area is 93.4 Å². The van der Waals surface area contributed by atoms with E-state index in [1.165, 1.54) is 0 Å². The highest BCUT2D eigenvalue weighted by Crippen LogP contribution is 2.57. The van der Waals surface area contributed by atoms with Crippen LogP contribution in [0.5, 0.6) is 5.75 Å². The second-order valence-electron chi connectivity index (χ2n) is 4.77. The average Bonchev–Trinajstić information content (AvgIpc) is 2.67. The molecule has 0 spiro atoms. The van der Waals surface area contributed by atoms with E-state index >= 15 is 0 Å².